The van der Waals surface area contributed by atoms with Crippen molar-refractivity contribution in [1.29, 1.82) is 0 Å². The van der Waals surface area contributed by atoms with Gasteiger partial charge in [0.2, 0.25) is 5.88 Å². The van der Waals surface area contributed by atoms with E-state index in [-0.39, 0.29) is 12.5 Å². The summed E-state index contributed by atoms with van der Waals surface area (Å²) in [5.74, 6) is 0.888. The van der Waals surface area contributed by atoms with E-state index >= 15 is 0 Å². The maximum absolute atomic E-state index is 12.6. The summed E-state index contributed by atoms with van der Waals surface area (Å²) in [7, 11) is 0. The van der Waals surface area contributed by atoms with Gasteiger partial charge in [-0.15, -0.1) is 0 Å². The van der Waals surface area contributed by atoms with Crippen LogP contribution >= 0.6 is 0 Å². The quantitative estimate of drug-likeness (QED) is 0.592. The number of aryl methyl sites for hydroxylation is 1. The Hall–Kier alpha value is -3.74. The Bertz CT molecular complexity index is 1090. The van der Waals surface area contributed by atoms with Crippen molar-refractivity contribution in [3.05, 3.63) is 83.9 Å². The van der Waals surface area contributed by atoms with Crippen molar-refractivity contribution < 1.29 is 9.53 Å². The lowest BCUT2D eigenvalue weighted by Crippen LogP contribution is -2.23. The molecule has 7 heteroatoms. The molecule has 0 fully saturated rings. The Kier molecular flexibility index (Phi) is 4.49. The van der Waals surface area contributed by atoms with Crippen LogP contribution in [0.4, 0.5) is 0 Å². The molecule has 1 amide bonds. The molecule has 0 radical (unpaired) electrons. The molecular formula is C20H17N5O2. The molecular weight excluding hydrogens is 342 g/mol. The Labute approximate surface area is 155 Å². The third-order valence-electron chi connectivity index (χ3n) is 3.98. The molecule has 0 saturated heterocycles. The highest BCUT2D eigenvalue weighted by molar-refractivity contribution is 5.99. The van der Waals surface area contributed by atoms with Crippen molar-refractivity contribution in [3.63, 3.8) is 0 Å². The highest BCUT2D eigenvalue weighted by Crippen LogP contribution is 2.22. The van der Waals surface area contributed by atoms with Crippen LogP contribution in [0.1, 0.15) is 21.5 Å². The lowest BCUT2D eigenvalue weighted by atomic mass is 10.2. The molecule has 7 nitrogen and oxygen atoms in total. The Morgan fingerprint density at radius 1 is 1.11 bits per heavy atom. The summed E-state index contributed by atoms with van der Waals surface area (Å²) < 4.78 is 7.42. The first kappa shape index (κ1) is 16.7. The Balaban J connectivity index is 1.51. The second-order valence-corrected chi connectivity index (χ2v) is 6.02. The minimum absolute atomic E-state index is 0.254. The minimum atomic E-state index is -0.254. The molecule has 0 aliphatic carbocycles. The third-order valence-corrected chi connectivity index (χ3v) is 3.98. The average Bonchev–Trinajstić information content (AvgIpc) is 3.11. The summed E-state index contributed by atoms with van der Waals surface area (Å²) >= 11 is 0. The van der Waals surface area contributed by atoms with Gasteiger partial charge in [-0.1, -0.05) is 24.3 Å². The van der Waals surface area contributed by atoms with Crippen LogP contribution in [0.5, 0.6) is 11.6 Å². The fraction of sp³-hybridized carbons (Fsp3) is 0.100. The number of rotatable bonds is 5. The second kappa shape index (κ2) is 7.25. The van der Waals surface area contributed by atoms with Crippen molar-refractivity contribution in [1.82, 2.24) is 24.9 Å². The number of aromatic nitrogens is 4. The number of benzene rings is 1. The smallest absolute Gasteiger partial charge is 0.257 e. The van der Waals surface area contributed by atoms with Crippen LogP contribution in [0, 0.1) is 6.92 Å². The topological polar surface area (TPSA) is 81.4 Å². The lowest BCUT2D eigenvalue weighted by molar-refractivity contribution is 0.0952. The molecule has 3 heterocycles. The molecule has 134 valence electrons. The normalized spacial score (nSPS) is 10.7. The van der Waals surface area contributed by atoms with Gasteiger partial charge < -0.3 is 10.1 Å². The largest absolute Gasteiger partial charge is 0.439 e. The van der Waals surface area contributed by atoms with E-state index in [1.165, 1.54) is 6.20 Å². The van der Waals surface area contributed by atoms with Gasteiger partial charge in [-0.05, 0) is 30.7 Å². The first-order valence-electron chi connectivity index (χ1n) is 8.46. The molecule has 0 saturated carbocycles. The van der Waals surface area contributed by atoms with Gasteiger partial charge in [0.25, 0.3) is 5.91 Å². The van der Waals surface area contributed by atoms with Crippen LogP contribution < -0.4 is 10.1 Å². The predicted octanol–water partition coefficient (Wildman–Crippen LogP) is 3.16. The number of carbonyl (C=O) groups is 1. The van der Waals surface area contributed by atoms with E-state index in [1.807, 2.05) is 49.5 Å². The SMILES string of the molecule is Cc1cnc2c(C(=O)NCc3cccnc3Oc3ccccc3)cnn2c1. The van der Waals surface area contributed by atoms with Gasteiger partial charge in [-0.3, -0.25) is 4.79 Å². The number of hydrogen-bond acceptors (Lipinski definition) is 5. The van der Waals surface area contributed by atoms with E-state index in [0.717, 1.165) is 11.1 Å². The van der Waals surface area contributed by atoms with Crippen LogP contribution in [0.25, 0.3) is 5.65 Å². The van der Waals surface area contributed by atoms with E-state index in [4.69, 9.17) is 4.74 Å². The van der Waals surface area contributed by atoms with E-state index in [2.05, 4.69) is 20.4 Å². The summed E-state index contributed by atoms with van der Waals surface area (Å²) in [6, 6.07) is 13.1. The van der Waals surface area contributed by atoms with Crippen LogP contribution in [-0.4, -0.2) is 25.5 Å². The average molecular weight is 359 g/mol. The molecule has 3 aromatic heterocycles. The zero-order valence-corrected chi connectivity index (χ0v) is 14.7. The molecule has 0 unspecified atom stereocenters. The molecule has 1 N–H and O–H groups in total. The van der Waals surface area contributed by atoms with Gasteiger partial charge in [0.05, 0.1) is 6.20 Å². The van der Waals surface area contributed by atoms with E-state index in [1.54, 1.807) is 23.0 Å². The summed E-state index contributed by atoms with van der Waals surface area (Å²) in [4.78, 5) is 21.1. The number of pyridine rings is 1. The lowest BCUT2D eigenvalue weighted by Gasteiger charge is -2.10. The maximum Gasteiger partial charge on any atom is 0.257 e. The molecule has 0 spiro atoms. The van der Waals surface area contributed by atoms with E-state index in [0.29, 0.717) is 22.8 Å². The van der Waals surface area contributed by atoms with Gasteiger partial charge in [0.1, 0.15) is 11.3 Å². The zero-order chi connectivity index (χ0) is 18.6. The number of fused-ring (bicyclic) bond motifs is 1. The van der Waals surface area contributed by atoms with Gasteiger partial charge in [-0.2, -0.15) is 5.10 Å². The molecule has 0 aliphatic rings. The van der Waals surface area contributed by atoms with Crippen molar-refractivity contribution in [2.75, 3.05) is 0 Å². The summed E-state index contributed by atoms with van der Waals surface area (Å²) in [5, 5.41) is 7.07. The van der Waals surface area contributed by atoms with Crippen molar-refractivity contribution >= 4 is 11.6 Å². The molecule has 0 atom stereocenters. The fourth-order valence-corrected chi connectivity index (χ4v) is 2.65. The van der Waals surface area contributed by atoms with Crippen molar-refractivity contribution in [2.45, 2.75) is 13.5 Å². The molecule has 0 aliphatic heterocycles. The van der Waals surface area contributed by atoms with E-state index in [9.17, 15) is 4.79 Å². The first-order valence-corrected chi connectivity index (χ1v) is 8.46. The van der Waals surface area contributed by atoms with Crippen LogP contribution in [-0.2, 0) is 6.54 Å². The summed E-state index contributed by atoms with van der Waals surface area (Å²) in [6.45, 7) is 2.20. The van der Waals surface area contributed by atoms with Gasteiger partial charge in [0, 0.05) is 30.7 Å². The molecule has 4 rings (SSSR count). The number of nitrogens with one attached hydrogen (secondary N) is 1. The summed E-state index contributed by atoms with van der Waals surface area (Å²) in [6.07, 6.45) is 6.70. The number of ether oxygens (including phenoxy) is 1. The van der Waals surface area contributed by atoms with Crippen LogP contribution in [0.15, 0.2) is 67.3 Å². The van der Waals surface area contributed by atoms with Crippen LogP contribution in [0.3, 0.4) is 0 Å². The fourth-order valence-electron chi connectivity index (χ4n) is 2.65. The monoisotopic (exact) mass is 359 g/mol. The Morgan fingerprint density at radius 3 is 2.81 bits per heavy atom. The first-order chi connectivity index (χ1) is 13.2. The number of hydrogen-bond donors (Lipinski definition) is 1. The zero-order valence-electron chi connectivity index (χ0n) is 14.7. The maximum atomic E-state index is 12.6. The highest BCUT2D eigenvalue weighted by Gasteiger charge is 2.15. The van der Waals surface area contributed by atoms with Crippen molar-refractivity contribution in [3.8, 4) is 11.6 Å². The molecule has 27 heavy (non-hydrogen) atoms. The predicted molar refractivity (Wildman–Crippen MR) is 99.6 cm³/mol. The van der Waals surface area contributed by atoms with Crippen molar-refractivity contribution in [2.24, 2.45) is 0 Å². The second-order valence-electron chi connectivity index (χ2n) is 6.02. The summed E-state index contributed by atoms with van der Waals surface area (Å²) in [5.41, 5.74) is 2.68. The third kappa shape index (κ3) is 3.62. The number of nitrogens with zero attached hydrogens (tertiary/aromatic N) is 4. The standard InChI is InChI=1S/C20H17N5O2/c1-14-10-22-18-17(12-24-25(18)13-14)19(26)23-11-15-6-5-9-21-20(15)27-16-7-3-2-4-8-16/h2-10,12-13H,11H2,1H3,(H,23,26). The number of carbonyl (C=O) groups excluding carboxylic acids is 1. The van der Waals surface area contributed by atoms with Gasteiger partial charge in [0.15, 0.2) is 5.65 Å². The highest BCUT2D eigenvalue weighted by atomic mass is 16.5. The molecule has 4 aromatic rings. The van der Waals surface area contributed by atoms with Crippen LogP contribution in [0.2, 0.25) is 0 Å². The Morgan fingerprint density at radius 2 is 1.96 bits per heavy atom. The molecule has 1 aromatic carbocycles. The van der Waals surface area contributed by atoms with E-state index < -0.39 is 0 Å². The number of para-hydroxylation sites is 1. The molecule has 0 bridgehead atoms. The van der Waals surface area contributed by atoms with Gasteiger partial charge in [-0.25, -0.2) is 14.5 Å². The van der Waals surface area contributed by atoms with Gasteiger partial charge >= 0.3 is 0 Å². The minimum Gasteiger partial charge on any atom is -0.439 e. The number of amides is 1.